The smallest absolute Gasteiger partial charge is 0.262 e. The Balaban J connectivity index is 1.62. The first-order chi connectivity index (χ1) is 23.3. The van der Waals surface area contributed by atoms with Crippen LogP contribution in [0.3, 0.4) is 0 Å². The fourth-order valence-corrected chi connectivity index (χ4v) is 6.47. The molecular formula is C36H32F2N4O6S. The molecule has 0 fully saturated rings. The van der Waals surface area contributed by atoms with Crippen LogP contribution in [0, 0.1) is 18.6 Å². The Hall–Kier alpha value is -5.40. The lowest BCUT2D eigenvalue weighted by atomic mass is 9.97. The van der Waals surface area contributed by atoms with Crippen LogP contribution < -0.4 is 15.2 Å². The minimum atomic E-state index is -3.80. The van der Waals surface area contributed by atoms with Crippen LogP contribution in [-0.4, -0.2) is 57.9 Å². The second kappa shape index (κ2) is 12.9. The normalized spacial score (nSPS) is 12.4. The van der Waals surface area contributed by atoms with E-state index in [1.807, 2.05) is 0 Å². The molecule has 49 heavy (non-hydrogen) atoms. The van der Waals surface area contributed by atoms with Crippen LogP contribution in [-0.2, 0) is 14.8 Å². The lowest BCUT2D eigenvalue weighted by molar-refractivity contribution is 0.0964. The molecule has 0 radical (unpaired) electrons. The van der Waals surface area contributed by atoms with Crippen LogP contribution in [0.5, 0.6) is 0 Å². The number of amides is 1. The lowest BCUT2D eigenvalue weighted by Crippen LogP contribution is -2.31. The largest absolute Gasteiger partial charge is 0.455 e. The van der Waals surface area contributed by atoms with Crippen molar-refractivity contribution in [3.8, 4) is 22.5 Å². The van der Waals surface area contributed by atoms with Crippen LogP contribution in [0.1, 0.15) is 27.8 Å². The van der Waals surface area contributed by atoms with E-state index in [0.29, 0.717) is 39.0 Å². The van der Waals surface area contributed by atoms with E-state index in [1.54, 1.807) is 43.3 Å². The zero-order valence-electron chi connectivity index (χ0n) is 27.2. The highest BCUT2D eigenvalue weighted by Crippen LogP contribution is 2.41. The molecule has 0 saturated heterocycles. The number of anilines is 1. The molecule has 6 rings (SSSR count). The lowest BCUT2D eigenvalue weighted by Gasteiger charge is -2.23. The van der Waals surface area contributed by atoms with Crippen LogP contribution in [0.15, 0.2) is 88.1 Å². The van der Waals surface area contributed by atoms with Crippen molar-refractivity contribution in [2.24, 2.45) is 0 Å². The van der Waals surface area contributed by atoms with E-state index in [4.69, 9.17) is 9.15 Å². The Kier molecular flexibility index (Phi) is 8.82. The second-order valence-electron chi connectivity index (χ2n) is 11.6. The third-order valence-electron chi connectivity index (χ3n) is 8.48. The van der Waals surface area contributed by atoms with E-state index in [0.717, 1.165) is 10.6 Å². The number of hydrogen-bond acceptors (Lipinski definition) is 7. The van der Waals surface area contributed by atoms with Gasteiger partial charge in [-0.2, -0.15) is 0 Å². The molecule has 2 aromatic heterocycles. The number of ether oxygens (including phenoxy) is 1. The maximum absolute atomic E-state index is 14.2. The van der Waals surface area contributed by atoms with Gasteiger partial charge in [-0.05, 0) is 72.6 Å². The van der Waals surface area contributed by atoms with Crippen molar-refractivity contribution in [3.63, 3.8) is 0 Å². The van der Waals surface area contributed by atoms with Gasteiger partial charge in [0.2, 0.25) is 10.0 Å². The summed E-state index contributed by atoms with van der Waals surface area (Å²) in [5, 5.41) is 3.23. The van der Waals surface area contributed by atoms with Gasteiger partial charge in [-0.1, -0.05) is 18.2 Å². The molecular weight excluding hydrogens is 654 g/mol. The maximum atomic E-state index is 14.2. The highest BCUT2D eigenvalue weighted by atomic mass is 32.2. The van der Waals surface area contributed by atoms with Crippen molar-refractivity contribution in [1.82, 2.24) is 14.9 Å². The fourth-order valence-electron chi connectivity index (χ4n) is 5.96. The number of furan rings is 1. The average molecular weight is 687 g/mol. The molecule has 252 valence electrons. The number of carbonyl (C=O) groups excluding carboxylic acids is 1. The number of fused-ring (bicyclic) bond motifs is 2. The van der Waals surface area contributed by atoms with Gasteiger partial charge in [0.05, 0.1) is 41.1 Å². The zero-order valence-corrected chi connectivity index (χ0v) is 28.1. The van der Waals surface area contributed by atoms with Crippen LogP contribution >= 0.6 is 0 Å². The summed E-state index contributed by atoms with van der Waals surface area (Å²) in [5.41, 5.74) is 2.57. The molecule has 0 bridgehead atoms. The van der Waals surface area contributed by atoms with Gasteiger partial charge < -0.3 is 14.5 Å². The van der Waals surface area contributed by atoms with Gasteiger partial charge in [0.25, 0.3) is 11.5 Å². The molecule has 0 spiro atoms. The Morgan fingerprint density at radius 2 is 1.61 bits per heavy atom. The molecule has 13 heteroatoms. The number of nitrogens with zero attached hydrogens (tertiary/aromatic N) is 3. The second-order valence-corrected chi connectivity index (χ2v) is 13.6. The number of carbonyl (C=O) groups is 1. The summed E-state index contributed by atoms with van der Waals surface area (Å²) in [6.45, 7) is 1.81. The summed E-state index contributed by atoms with van der Waals surface area (Å²) in [6.07, 6.45) is 1.06. The highest BCUT2D eigenvalue weighted by Gasteiger charge is 2.27. The van der Waals surface area contributed by atoms with E-state index >= 15 is 0 Å². The molecule has 10 nitrogen and oxygen atoms in total. The molecule has 0 aliphatic rings. The van der Waals surface area contributed by atoms with Crippen molar-refractivity contribution in [2.75, 3.05) is 38.4 Å². The topological polar surface area (TPSA) is 124 Å². The van der Waals surface area contributed by atoms with Crippen molar-refractivity contribution in [2.45, 2.75) is 13.0 Å². The number of nitrogens with one attached hydrogen (secondary N) is 1. The van der Waals surface area contributed by atoms with Crippen molar-refractivity contribution >= 4 is 43.5 Å². The number of methoxy groups -OCH3 is 1. The van der Waals surface area contributed by atoms with Gasteiger partial charge in [-0.3, -0.25) is 18.5 Å². The number of hydrogen-bond donors (Lipinski definition) is 1. The Labute approximate surface area is 280 Å². The van der Waals surface area contributed by atoms with Gasteiger partial charge >= 0.3 is 0 Å². The Morgan fingerprint density at radius 3 is 2.22 bits per heavy atom. The van der Waals surface area contributed by atoms with E-state index in [9.17, 15) is 26.8 Å². The monoisotopic (exact) mass is 686 g/mol. The van der Waals surface area contributed by atoms with Gasteiger partial charge in [-0.15, -0.1) is 0 Å². The minimum absolute atomic E-state index is 0.109. The number of aromatic nitrogens is 2. The average Bonchev–Trinajstić information content (AvgIpc) is 3.45. The molecule has 2 heterocycles. The molecule has 4 aromatic carbocycles. The molecule has 0 unspecified atom stereocenters. The van der Waals surface area contributed by atoms with Gasteiger partial charge in [-0.25, -0.2) is 22.2 Å². The third-order valence-corrected chi connectivity index (χ3v) is 9.67. The third kappa shape index (κ3) is 6.18. The first kappa shape index (κ1) is 33.5. The molecule has 0 aliphatic heterocycles. The van der Waals surface area contributed by atoms with Crippen LogP contribution in [0.2, 0.25) is 0 Å². The quantitative estimate of drug-likeness (QED) is 0.196. The Bertz CT molecular complexity index is 2410. The van der Waals surface area contributed by atoms with E-state index < -0.39 is 33.6 Å². The first-order valence-electron chi connectivity index (χ1n) is 15.1. The summed E-state index contributed by atoms with van der Waals surface area (Å²) in [4.78, 5) is 32.2. The molecule has 0 aliphatic carbocycles. The first-order valence-corrected chi connectivity index (χ1v) is 17.0. The number of rotatable bonds is 9. The maximum Gasteiger partial charge on any atom is 0.262 e. The summed E-state index contributed by atoms with van der Waals surface area (Å²) in [7, 11) is 0.561. The predicted molar refractivity (Wildman–Crippen MR) is 184 cm³/mol. The molecule has 1 amide bonds. The van der Waals surface area contributed by atoms with Crippen molar-refractivity contribution in [1.29, 1.82) is 0 Å². The van der Waals surface area contributed by atoms with Crippen LogP contribution in [0.25, 0.3) is 44.3 Å². The number of sulfonamides is 1. The van der Waals surface area contributed by atoms with Crippen molar-refractivity contribution in [3.05, 3.63) is 118 Å². The van der Waals surface area contributed by atoms with E-state index in [1.165, 1.54) is 68.2 Å². The van der Waals surface area contributed by atoms with E-state index in [2.05, 4.69) is 10.3 Å². The number of halogens is 2. The predicted octanol–water partition coefficient (Wildman–Crippen LogP) is 6.05. The summed E-state index contributed by atoms with van der Waals surface area (Å²) in [5.74, 6) is -0.770. The molecule has 0 saturated carbocycles. The standard InChI is InChI=1S/C36H32F2N4O6S/c1-20-40-29-15-10-23(16-27(29)36(44)42(20)31(19-47-4)21-6-11-24(37)12-7-21)26-17-28-32(18-30(26)41(3)49(5,45)46)48-34(33(28)35(43)39-2)22-8-13-25(38)14-9-22/h6-18,31H,19H2,1-5H3,(H,39,43)/t31-/m1/s1. The zero-order chi connectivity index (χ0) is 35.2. The molecule has 1 atom stereocenters. The molecule has 1 N–H and O–H groups in total. The minimum Gasteiger partial charge on any atom is -0.455 e. The Morgan fingerprint density at radius 1 is 0.980 bits per heavy atom. The highest BCUT2D eigenvalue weighted by molar-refractivity contribution is 7.92. The summed E-state index contributed by atoms with van der Waals surface area (Å²) in [6, 6.07) is 18.8. The SMILES string of the molecule is CNC(=O)c1c(-c2ccc(F)cc2)oc2cc(N(C)S(C)(=O)=O)c(-c3ccc4nc(C)n([C@H](COC)c5ccc(F)cc5)c(=O)c4c3)cc12. The van der Waals surface area contributed by atoms with Crippen LogP contribution in [0.4, 0.5) is 14.5 Å². The van der Waals surface area contributed by atoms with Gasteiger partial charge in [0.15, 0.2) is 0 Å². The summed E-state index contributed by atoms with van der Waals surface area (Å²) < 4.78 is 67.5. The van der Waals surface area contributed by atoms with Gasteiger partial charge in [0, 0.05) is 43.8 Å². The van der Waals surface area contributed by atoms with E-state index in [-0.39, 0.29) is 40.1 Å². The van der Waals surface area contributed by atoms with Gasteiger partial charge in [0.1, 0.15) is 28.8 Å². The molecule has 6 aromatic rings. The van der Waals surface area contributed by atoms with Crippen molar-refractivity contribution < 1.29 is 31.1 Å². The summed E-state index contributed by atoms with van der Waals surface area (Å²) >= 11 is 0. The number of benzene rings is 4. The fraction of sp³-hybridized carbons (Fsp3) is 0.194. The number of aryl methyl sites for hydroxylation is 1.